The number of aromatic nitrogens is 3. The van der Waals surface area contributed by atoms with Crippen molar-refractivity contribution >= 4 is 22.7 Å². The van der Waals surface area contributed by atoms with E-state index in [1.54, 1.807) is 10.8 Å². The molecule has 8 nitrogen and oxygen atoms in total. The number of likely N-dealkylation sites (tertiary alicyclic amines) is 1. The van der Waals surface area contributed by atoms with Gasteiger partial charge >= 0.3 is 0 Å². The summed E-state index contributed by atoms with van der Waals surface area (Å²) in [4.78, 5) is 24.2. The van der Waals surface area contributed by atoms with E-state index >= 15 is 0 Å². The number of hydrogen-bond donors (Lipinski definition) is 2. The number of nitrogens with zero attached hydrogens (tertiary/aromatic N) is 4. The molecule has 0 atom stereocenters. The maximum Gasteiger partial charge on any atom is 0.264 e. The largest absolute Gasteiger partial charge is 0.380 e. The van der Waals surface area contributed by atoms with Gasteiger partial charge in [0.2, 0.25) is 5.95 Å². The fraction of sp³-hybridized carbons (Fsp3) is 0.435. The van der Waals surface area contributed by atoms with E-state index in [1.807, 2.05) is 13.0 Å². The van der Waals surface area contributed by atoms with Gasteiger partial charge in [-0.3, -0.25) is 9.69 Å². The molecule has 4 rings (SSSR count). The molecule has 0 saturated carbocycles. The third-order valence-corrected chi connectivity index (χ3v) is 5.57. The predicted octanol–water partition coefficient (Wildman–Crippen LogP) is 2.47. The summed E-state index contributed by atoms with van der Waals surface area (Å²) in [6.45, 7) is 7.48. The molecular weight excluding hydrogens is 392 g/mol. The highest BCUT2D eigenvalue weighted by atomic mass is 16.5. The monoisotopic (exact) mass is 422 g/mol. The molecule has 3 heterocycles. The van der Waals surface area contributed by atoms with Crippen molar-refractivity contribution in [3.8, 4) is 0 Å². The molecule has 3 aromatic rings. The summed E-state index contributed by atoms with van der Waals surface area (Å²) >= 11 is 0. The highest BCUT2D eigenvalue weighted by Gasteiger charge is 2.13. The van der Waals surface area contributed by atoms with Crippen LogP contribution in [0.1, 0.15) is 30.9 Å². The van der Waals surface area contributed by atoms with Crippen molar-refractivity contribution < 1.29 is 4.74 Å². The molecule has 0 amide bonds. The van der Waals surface area contributed by atoms with Crippen LogP contribution >= 0.6 is 0 Å². The Balaban J connectivity index is 1.54. The maximum absolute atomic E-state index is 13.2. The van der Waals surface area contributed by atoms with E-state index in [1.165, 1.54) is 31.5 Å². The van der Waals surface area contributed by atoms with Crippen LogP contribution in [-0.4, -0.2) is 52.3 Å². The maximum atomic E-state index is 13.2. The average Bonchev–Trinajstić information content (AvgIpc) is 3.27. The lowest BCUT2D eigenvalue weighted by Crippen LogP contribution is -2.23. The molecule has 164 valence electrons. The highest BCUT2D eigenvalue weighted by Crippen LogP contribution is 2.18. The second-order valence-corrected chi connectivity index (χ2v) is 7.86. The Bertz CT molecular complexity index is 1070. The molecule has 1 aromatic carbocycles. The Kier molecular flexibility index (Phi) is 6.79. The summed E-state index contributed by atoms with van der Waals surface area (Å²) in [6, 6.07) is 10.3. The van der Waals surface area contributed by atoms with Crippen molar-refractivity contribution in [2.45, 2.75) is 32.9 Å². The van der Waals surface area contributed by atoms with Gasteiger partial charge in [-0.1, -0.05) is 24.3 Å². The smallest absolute Gasteiger partial charge is 0.264 e. The number of pyridine rings is 1. The molecule has 1 fully saturated rings. The zero-order valence-electron chi connectivity index (χ0n) is 18.0. The summed E-state index contributed by atoms with van der Waals surface area (Å²) in [5.41, 5.74) is 8.61. The summed E-state index contributed by atoms with van der Waals surface area (Å²) in [6.07, 6.45) is 4.35. The van der Waals surface area contributed by atoms with Gasteiger partial charge in [0.25, 0.3) is 5.56 Å². The number of rotatable bonds is 9. The van der Waals surface area contributed by atoms with Crippen LogP contribution in [-0.2, 0) is 17.8 Å². The summed E-state index contributed by atoms with van der Waals surface area (Å²) in [5, 5.41) is 3.61. The molecule has 1 aliphatic rings. The first-order valence-corrected chi connectivity index (χ1v) is 10.9. The van der Waals surface area contributed by atoms with E-state index in [9.17, 15) is 4.79 Å². The summed E-state index contributed by atoms with van der Waals surface area (Å²) < 4.78 is 7.04. The van der Waals surface area contributed by atoms with Crippen molar-refractivity contribution in [3.63, 3.8) is 0 Å². The van der Waals surface area contributed by atoms with Crippen LogP contribution in [0.5, 0.6) is 0 Å². The lowest BCUT2D eigenvalue weighted by molar-refractivity contribution is 0.158. The predicted molar refractivity (Wildman–Crippen MR) is 123 cm³/mol. The Hall–Kier alpha value is -2.97. The van der Waals surface area contributed by atoms with E-state index in [0.29, 0.717) is 43.0 Å². The number of hydrogen-bond acceptors (Lipinski definition) is 7. The van der Waals surface area contributed by atoms with Crippen LogP contribution in [0.3, 0.4) is 0 Å². The van der Waals surface area contributed by atoms with Crippen molar-refractivity contribution in [1.82, 2.24) is 19.4 Å². The van der Waals surface area contributed by atoms with E-state index in [2.05, 4.69) is 44.5 Å². The first-order valence-electron chi connectivity index (χ1n) is 10.9. The Morgan fingerprint density at radius 1 is 1.06 bits per heavy atom. The van der Waals surface area contributed by atoms with Gasteiger partial charge in [0.1, 0.15) is 11.2 Å². The SMILES string of the molecule is CCOCCNc1nc(N)nc2ccn(Cc3ccc(CN4CCCC4)cc3)c(=O)c12. The van der Waals surface area contributed by atoms with Crippen LogP contribution in [0.2, 0.25) is 0 Å². The Labute approximate surface area is 182 Å². The number of nitrogen functional groups attached to an aromatic ring is 1. The van der Waals surface area contributed by atoms with Crippen LogP contribution in [0.4, 0.5) is 11.8 Å². The highest BCUT2D eigenvalue weighted by molar-refractivity contribution is 5.89. The van der Waals surface area contributed by atoms with Gasteiger partial charge in [-0.15, -0.1) is 0 Å². The Morgan fingerprint density at radius 3 is 2.48 bits per heavy atom. The number of ether oxygens (including phenoxy) is 1. The van der Waals surface area contributed by atoms with Gasteiger partial charge in [0.05, 0.1) is 18.7 Å². The van der Waals surface area contributed by atoms with E-state index in [-0.39, 0.29) is 11.5 Å². The molecule has 1 aliphatic heterocycles. The molecule has 31 heavy (non-hydrogen) atoms. The van der Waals surface area contributed by atoms with E-state index in [0.717, 1.165) is 12.1 Å². The molecule has 0 unspecified atom stereocenters. The van der Waals surface area contributed by atoms with Gasteiger partial charge < -0.3 is 20.4 Å². The number of nitrogens with two attached hydrogens (primary N) is 1. The summed E-state index contributed by atoms with van der Waals surface area (Å²) in [7, 11) is 0. The minimum Gasteiger partial charge on any atom is -0.380 e. The molecule has 8 heteroatoms. The van der Waals surface area contributed by atoms with Crippen molar-refractivity contribution in [2.75, 3.05) is 43.9 Å². The first-order chi connectivity index (χ1) is 15.1. The summed E-state index contributed by atoms with van der Waals surface area (Å²) in [5.74, 6) is 0.583. The molecule has 3 N–H and O–H groups in total. The molecule has 2 aromatic heterocycles. The van der Waals surface area contributed by atoms with Gasteiger partial charge in [-0.25, -0.2) is 4.98 Å². The molecule has 0 bridgehead atoms. The number of fused-ring (bicyclic) bond motifs is 1. The van der Waals surface area contributed by atoms with Crippen molar-refractivity contribution in [3.05, 3.63) is 58.0 Å². The molecule has 0 radical (unpaired) electrons. The van der Waals surface area contributed by atoms with Gasteiger partial charge in [-0.2, -0.15) is 4.98 Å². The molecule has 0 spiro atoms. The van der Waals surface area contributed by atoms with Crippen LogP contribution in [0.25, 0.3) is 10.9 Å². The second-order valence-electron chi connectivity index (χ2n) is 7.86. The normalized spacial score (nSPS) is 14.4. The van der Waals surface area contributed by atoms with Crippen molar-refractivity contribution in [2.24, 2.45) is 0 Å². The van der Waals surface area contributed by atoms with Crippen molar-refractivity contribution in [1.29, 1.82) is 0 Å². The van der Waals surface area contributed by atoms with Crippen LogP contribution in [0.15, 0.2) is 41.3 Å². The fourth-order valence-electron chi connectivity index (χ4n) is 3.98. The number of anilines is 2. The van der Waals surface area contributed by atoms with Gasteiger partial charge in [-0.05, 0) is 50.0 Å². The van der Waals surface area contributed by atoms with Gasteiger partial charge in [0.15, 0.2) is 0 Å². The lowest BCUT2D eigenvalue weighted by Gasteiger charge is -2.15. The minimum absolute atomic E-state index is 0.136. The quantitative estimate of drug-likeness (QED) is 0.511. The fourth-order valence-corrected chi connectivity index (χ4v) is 3.98. The number of benzene rings is 1. The lowest BCUT2D eigenvalue weighted by atomic mass is 10.1. The molecular formula is C23H30N6O2. The van der Waals surface area contributed by atoms with Gasteiger partial charge in [0, 0.05) is 25.9 Å². The zero-order valence-corrected chi connectivity index (χ0v) is 18.0. The van der Waals surface area contributed by atoms with E-state index in [4.69, 9.17) is 10.5 Å². The zero-order chi connectivity index (χ0) is 21.6. The number of nitrogens with one attached hydrogen (secondary N) is 1. The first kappa shape index (κ1) is 21.3. The standard InChI is InChI=1S/C23H30N6O2/c1-2-31-14-10-25-21-20-19(26-23(24)27-21)9-13-29(22(20)30)16-18-7-5-17(6-8-18)15-28-11-3-4-12-28/h5-9,13H,2-4,10-12,14-16H2,1H3,(H3,24,25,26,27). The molecule has 0 aliphatic carbocycles. The second kappa shape index (κ2) is 9.89. The molecule has 1 saturated heterocycles. The third-order valence-electron chi connectivity index (χ3n) is 5.57. The minimum atomic E-state index is -0.141. The van der Waals surface area contributed by atoms with E-state index < -0.39 is 0 Å². The van der Waals surface area contributed by atoms with Crippen LogP contribution in [0, 0.1) is 0 Å². The average molecular weight is 423 g/mol. The topological polar surface area (TPSA) is 98.3 Å². The van der Waals surface area contributed by atoms with Crippen LogP contribution < -0.4 is 16.6 Å². The third kappa shape index (κ3) is 5.21. The Morgan fingerprint density at radius 2 is 1.77 bits per heavy atom.